The number of rotatable bonds is 1. The summed E-state index contributed by atoms with van der Waals surface area (Å²) in [5.74, 6) is 1.75. The highest BCUT2D eigenvalue weighted by atomic mass is 16.5. The van der Waals surface area contributed by atoms with Gasteiger partial charge in [-0.1, -0.05) is 0 Å². The molecule has 1 fully saturated rings. The van der Waals surface area contributed by atoms with Gasteiger partial charge in [0.1, 0.15) is 24.2 Å². The van der Waals surface area contributed by atoms with Gasteiger partial charge in [-0.15, -0.1) is 0 Å². The average Bonchev–Trinajstić information content (AvgIpc) is 2.38. The number of morpholine rings is 1. The van der Waals surface area contributed by atoms with E-state index in [4.69, 9.17) is 14.2 Å². The first-order chi connectivity index (χ1) is 7.88. The fourth-order valence-corrected chi connectivity index (χ4v) is 2.29. The standard InChI is InChI=1S/C12H15NO3/c1-14-8-2-3-11-9(6-8)12-10(7-16-11)13-4-5-15-12/h2-3,6,10,12-13H,4-5,7H2,1H3. The number of fused-ring (bicyclic) bond motifs is 3. The summed E-state index contributed by atoms with van der Waals surface area (Å²) in [6, 6.07) is 6.12. The van der Waals surface area contributed by atoms with Gasteiger partial charge in [0.15, 0.2) is 0 Å². The number of benzene rings is 1. The van der Waals surface area contributed by atoms with Crippen LogP contribution >= 0.6 is 0 Å². The SMILES string of the molecule is COc1ccc2c(c1)C1OCCNC1CO2. The molecule has 0 bridgehead atoms. The lowest BCUT2D eigenvalue weighted by Crippen LogP contribution is -2.49. The Kier molecular flexibility index (Phi) is 2.46. The minimum absolute atomic E-state index is 0.0904. The third kappa shape index (κ3) is 1.54. The van der Waals surface area contributed by atoms with Gasteiger partial charge in [-0.3, -0.25) is 0 Å². The van der Waals surface area contributed by atoms with Crippen LogP contribution in [-0.2, 0) is 4.74 Å². The maximum Gasteiger partial charge on any atom is 0.125 e. The fraction of sp³-hybridized carbons (Fsp3) is 0.500. The number of methoxy groups -OCH3 is 1. The summed E-state index contributed by atoms with van der Waals surface area (Å²) in [5.41, 5.74) is 1.09. The summed E-state index contributed by atoms with van der Waals surface area (Å²) in [6.45, 7) is 2.31. The predicted molar refractivity (Wildman–Crippen MR) is 59.0 cm³/mol. The number of hydrogen-bond donors (Lipinski definition) is 1. The van der Waals surface area contributed by atoms with Crippen LogP contribution in [0.25, 0.3) is 0 Å². The van der Waals surface area contributed by atoms with Crippen molar-refractivity contribution in [1.82, 2.24) is 5.32 Å². The van der Waals surface area contributed by atoms with E-state index in [1.165, 1.54) is 0 Å². The molecule has 16 heavy (non-hydrogen) atoms. The van der Waals surface area contributed by atoms with E-state index in [2.05, 4.69) is 5.32 Å². The van der Waals surface area contributed by atoms with Crippen molar-refractivity contribution in [3.05, 3.63) is 23.8 Å². The van der Waals surface area contributed by atoms with E-state index in [-0.39, 0.29) is 12.1 Å². The Hall–Kier alpha value is -1.26. The Morgan fingerprint density at radius 3 is 3.25 bits per heavy atom. The van der Waals surface area contributed by atoms with Gasteiger partial charge >= 0.3 is 0 Å². The number of ether oxygens (including phenoxy) is 3. The minimum atomic E-state index is 0.0904. The van der Waals surface area contributed by atoms with Gasteiger partial charge < -0.3 is 19.5 Å². The van der Waals surface area contributed by atoms with Crippen LogP contribution in [0.3, 0.4) is 0 Å². The topological polar surface area (TPSA) is 39.7 Å². The minimum Gasteiger partial charge on any atom is -0.497 e. The molecule has 2 unspecified atom stereocenters. The zero-order valence-electron chi connectivity index (χ0n) is 9.23. The highest BCUT2D eigenvalue weighted by molar-refractivity contribution is 5.43. The molecule has 2 atom stereocenters. The first-order valence-corrected chi connectivity index (χ1v) is 5.54. The molecule has 0 aromatic heterocycles. The van der Waals surface area contributed by atoms with E-state index in [1.807, 2.05) is 18.2 Å². The van der Waals surface area contributed by atoms with Crippen molar-refractivity contribution in [2.24, 2.45) is 0 Å². The van der Waals surface area contributed by atoms with Gasteiger partial charge in [0.2, 0.25) is 0 Å². The van der Waals surface area contributed by atoms with Crippen LogP contribution in [0.5, 0.6) is 11.5 Å². The molecule has 0 spiro atoms. The second-order valence-corrected chi connectivity index (χ2v) is 4.07. The van der Waals surface area contributed by atoms with E-state index < -0.39 is 0 Å². The Morgan fingerprint density at radius 1 is 1.44 bits per heavy atom. The van der Waals surface area contributed by atoms with Crippen LogP contribution in [0.1, 0.15) is 11.7 Å². The van der Waals surface area contributed by atoms with Gasteiger partial charge in [-0.25, -0.2) is 0 Å². The molecular formula is C12H15NO3. The molecule has 2 aliphatic rings. The lowest BCUT2D eigenvalue weighted by atomic mass is 9.97. The van der Waals surface area contributed by atoms with Crippen molar-refractivity contribution < 1.29 is 14.2 Å². The summed E-state index contributed by atoms with van der Waals surface area (Å²) in [4.78, 5) is 0. The van der Waals surface area contributed by atoms with Crippen molar-refractivity contribution >= 4 is 0 Å². The molecule has 4 nitrogen and oxygen atoms in total. The molecule has 1 aromatic rings. The summed E-state index contributed by atoms with van der Waals surface area (Å²) < 4.78 is 16.7. The lowest BCUT2D eigenvalue weighted by molar-refractivity contribution is -0.0308. The van der Waals surface area contributed by atoms with Gasteiger partial charge in [0.25, 0.3) is 0 Å². The number of hydrogen-bond acceptors (Lipinski definition) is 4. The second kappa shape index (κ2) is 3.96. The second-order valence-electron chi connectivity index (χ2n) is 4.07. The molecule has 0 amide bonds. The van der Waals surface area contributed by atoms with Gasteiger partial charge in [-0.05, 0) is 18.2 Å². The molecule has 2 heterocycles. The van der Waals surface area contributed by atoms with E-state index in [9.17, 15) is 0 Å². The molecule has 3 rings (SSSR count). The lowest BCUT2D eigenvalue weighted by Gasteiger charge is -2.37. The molecule has 86 valence electrons. The molecular weight excluding hydrogens is 206 g/mol. The molecule has 4 heteroatoms. The zero-order chi connectivity index (χ0) is 11.0. The first-order valence-electron chi connectivity index (χ1n) is 5.54. The maximum absolute atomic E-state index is 5.81. The molecule has 1 N–H and O–H groups in total. The van der Waals surface area contributed by atoms with Crippen LogP contribution in [0, 0.1) is 0 Å². The molecule has 1 aromatic carbocycles. The van der Waals surface area contributed by atoms with Crippen molar-refractivity contribution in [3.8, 4) is 11.5 Å². The Bertz CT molecular complexity index is 394. The third-order valence-electron chi connectivity index (χ3n) is 3.11. The fourth-order valence-electron chi connectivity index (χ4n) is 2.29. The molecule has 0 aliphatic carbocycles. The van der Waals surface area contributed by atoms with E-state index in [0.29, 0.717) is 6.61 Å². The summed E-state index contributed by atoms with van der Waals surface area (Å²) in [6.07, 6.45) is 0.0904. The van der Waals surface area contributed by atoms with Crippen LogP contribution in [0.15, 0.2) is 18.2 Å². The van der Waals surface area contributed by atoms with Crippen LogP contribution < -0.4 is 14.8 Å². The van der Waals surface area contributed by atoms with Gasteiger partial charge in [0, 0.05) is 12.1 Å². The van der Waals surface area contributed by atoms with Crippen LogP contribution in [0.4, 0.5) is 0 Å². The molecule has 2 aliphatic heterocycles. The van der Waals surface area contributed by atoms with Crippen LogP contribution in [0.2, 0.25) is 0 Å². The summed E-state index contributed by atoms with van der Waals surface area (Å²) in [5, 5.41) is 3.41. The summed E-state index contributed by atoms with van der Waals surface area (Å²) in [7, 11) is 1.67. The smallest absolute Gasteiger partial charge is 0.125 e. The Labute approximate surface area is 94.5 Å². The maximum atomic E-state index is 5.81. The van der Waals surface area contributed by atoms with Crippen molar-refractivity contribution in [1.29, 1.82) is 0 Å². The van der Waals surface area contributed by atoms with Gasteiger partial charge in [0.05, 0.1) is 19.8 Å². The Morgan fingerprint density at radius 2 is 2.38 bits per heavy atom. The van der Waals surface area contributed by atoms with Crippen LogP contribution in [-0.4, -0.2) is 32.9 Å². The average molecular weight is 221 g/mol. The zero-order valence-corrected chi connectivity index (χ0v) is 9.23. The largest absolute Gasteiger partial charge is 0.497 e. The monoisotopic (exact) mass is 221 g/mol. The van der Waals surface area contributed by atoms with Crippen molar-refractivity contribution in [3.63, 3.8) is 0 Å². The molecule has 0 radical (unpaired) electrons. The highest BCUT2D eigenvalue weighted by Crippen LogP contribution is 2.37. The predicted octanol–water partition coefficient (Wildman–Crippen LogP) is 1.12. The van der Waals surface area contributed by atoms with E-state index >= 15 is 0 Å². The number of nitrogens with one attached hydrogen (secondary N) is 1. The van der Waals surface area contributed by atoms with Gasteiger partial charge in [-0.2, -0.15) is 0 Å². The highest BCUT2D eigenvalue weighted by Gasteiger charge is 2.34. The quantitative estimate of drug-likeness (QED) is 0.771. The molecule has 0 saturated carbocycles. The van der Waals surface area contributed by atoms with Crippen molar-refractivity contribution in [2.75, 3.05) is 26.9 Å². The van der Waals surface area contributed by atoms with Crippen molar-refractivity contribution in [2.45, 2.75) is 12.1 Å². The molecule has 1 saturated heterocycles. The van der Waals surface area contributed by atoms with E-state index in [0.717, 1.165) is 30.2 Å². The normalized spacial score (nSPS) is 27.6. The third-order valence-corrected chi connectivity index (χ3v) is 3.11. The first kappa shape index (κ1) is 9.93. The summed E-state index contributed by atoms with van der Waals surface area (Å²) >= 11 is 0. The van der Waals surface area contributed by atoms with E-state index in [1.54, 1.807) is 7.11 Å². The Balaban J connectivity index is 1.98.